The van der Waals surface area contributed by atoms with Crippen molar-refractivity contribution in [3.05, 3.63) is 87.9 Å². The van der Waals surface area contributed by atoms with Crippen LogP contribution < -0.4 is 14.8 Å². The zero-order valence-corrected chi connectivity index (χ0v) is 16.8. The number of amides is 1. The smallest absolute Gasteiger partial charge is 0.255 e. The quantitative estimate of drug-likeness (QED) is 0.497. The van der Waals surface area contributed by atoms with E-state index in [9.17, 15) is 4.79 Å². The van der Waals surface area contributed by atoms with E-state index in [0.717, 1.165) is 11.3 Å². The summed E-state index contributed by atoms with van der Waals surface area (Å²) in [7, 11) is 0. The molecular weight excluding hydrogens is 397 g/mol. The molecule has 0 atom stereocenters. The van der Waals surface area contributed by atoms with Crippen LogP contribution in [0.15, 0.2) is 66.7 Å². The van der Waals surface area contributed by atoms with E-state index in [1.807, 2.05) is 37.3 Å². The van der Waals surface area contributed by atoms with Crippen LogP contribution >= 0.6 is 23.2 Å². The Balaban J connectivity index is 1.80. The van der Waals surface area contributed by atoms with Gasteiger partial charge in [0.1, 0.15) is 18.1 Å². The predicted molar refractivity (Wildman–Crippen MR) is 113 cm³/mol. The third-order valence-electron chi connectivity index (χ3n) is 3.94. The van der Waals surface area contributed by atoms with Gasteiger partial charge in [-0.15, -0.1) is 0 Å². The minimum absolute atomic E-state index is 0.276. The van der Waals surface area contributed by atoms with Crippen LogP contribution in [0.4, 0.5) is 5.69 Å². The molecule has 28 heavy (non-hydrogen) atoms. The molecular formula is C22H19Cl2NO3. The summed E-state index contributed by atoms with van der Waals surface area (Å²) < 4.78 is 11.5. The Hall–Kier alpha value is -2.69. The third-order valence-corrected chi connectivity index (χ3v) is 4.50. The summed E-state index contributed by atoms with van der Waals surface area (Å²) >= 11 is 12.1. The maximum atomic E-state index is 12.7. The van der Waals surface area contributed by atoms with Gasteiger partial charge in [-0.25, -0.2) is 0 Å². The van der Waals surface area contributed by atoms with Crippen molar-refractivity contribution in [1.29, 1.82) is 0 Å². The Morgan fingerprint density at radius 1 is 0.964 bits per heavy atom. The molecule has 1 N–H and O–H groups in total. The Morgan fingerprint density at radius 3 is 2.50 bits per heavy atom. The topological polar surface area (TPSA) is 47.6 Å². The van der Waals surface area contributed by atoms with Gasteiger partial charge < -0.3 is 14.8 Å². The van der Waals surface area contributed by atoms with E-state index in [1.54, 1.807) is 36.4 Å². The summed E-state index contributed by atoms with van der Waals surface area (Å²) in [6.07, 6.45) is 0. The summed E-state index contributed by atoms with van der Waals surface area (Å²) in [4.78, 5) is 12.7. The SMILES string of the molecule is CCOc1ccc(C(=O)Nc2cc(Cl)ccc2Cl)cc1COc1ccccc1. The van der Waals surface area contributed by atoms with Gasteiger partial charge in [0.15, 0.2) is 0 Å². The number of rotatable bonds is 7. The van der Waals surface area contributed by atoms with Crippen LogP contribution in [-0.2, 0) is 6.61 Å². The van der Waals surface area contributed by atoms with E-state index in [4.69, 9.17) is 32.7 Å². The second kappa shape index (κ2) is 9.49. The lowest BCUT2D eigenvalue weighted by molar-refractivity contribution is 0.102. The molecule has 0 saturated heterocycles. The fourth-order valence-electron chi connectivity index (χ4n) is 2.60. The predicted octanol–water partition coefficient (Wildman–Crippen LogP) is 6.22. The Morgan fingerprint density at radius 2 is 1.75 bits per heavy atom. The molecule has 1 amide bonds. The van der Waals surface area contributed by atoms with Crippen molar-refractivity contribution in [1.82, 2.24) is 0 Å². The Kier molecular flexibility index (Phi) is 6.80. The fourth-order valence-corrected chi connectivity index (χ4v) is 2.93. The molecule has 0 unspecified atom stereocenters. The van der Waals surface area contributed by atoms with Crippen LogP contribution in [0.1, 0.15) is 22.8 Å². The van der Waals surface area contributed by atoms with Crippen molar-refractivity contribution >= 4 is 34.8 Å². The number of carbonyl (C=O) groups excluding carboxylic acids is 1. The van der Waals surface area contributed by atoms with Crippen molar-refractivity contribution in [3.8, 4) is 11.5 Å². The molecule has 3 aromatic carbocycles. The molecule has 0 radical (unpaired) electrons. The van der Waals surface area contributed by atoms with E-state index < -0.39 is 0 Å². The summed E-state index contributed by atoms with van der Waals surface area (Å²) in [6, 6.07) is 19.6. The highest BCUT2D eigenvalue weighted by atomic mass is 35.5. The van der Waals surface area contributed by atoms with E-state index in [0.29, 0.717) is 33.7 Å². The van der Waals surface area contributed by atoms with Gasteiger partial charge in [0.2, 0.25) is 0 Å². The minimum atomic E-state index is -0.298. The van der Waals surface area contributed by atoms with Crippen LogP contribution in [-0.4, -0.2) is 12.5 Å². The van der Waals surface area contributed by atoms with Crippen molar-refractivity contribution in [2.24, 2.45) is 0 Å². The monoisotopic (exact) mass is 415 g/mol. The summed E-state index contributed by atoms with van der Waals surface area (Å²) in [6.45, 7) is 2.70. The molecule has 0 bridgehead atoms. The van der Waals surface area contributed by atoms with Crippen LogP contribution in [0.25, 0.3) is 0 Å². The average Bonchev–Trinajstić information content (AvgIpc) is 2.71. The first-order chi connectivity index (χ1) is 13.6. The van der Waals surface area contributed by atoms with Crippen LogP contribution in [0.5, 0.6) is 11.5 Å². The molecule has 3 rings (SSSR count). The number of ether oxygens (including phenoxy) is 2. The van der Waals surface area contributed by atoms with Crippen molar-refractivity contribution in [2.75, 3.05) is 11.9 Å². The molecule has 144 valence electrons. The van der Waals surface area contributed by atoms with Crippen LogP contribution in [0.2, 0.25) is 10.0 Å². The van der Waals surface area contributed by atoms with Gasteiger partial charge in [0, 0.05) is 16.1 Å². The molecule has 0 aliphatic carbocycles. The Labute approximate surface area is 174 Å². The van der Waals surface area contributed by atoms with Crippen molar-refractivity contribution in [2.45, 2.75) is 13.5 Å². The number of nitrogens with one attached hydrogen (secondary N) is 1. The lowest BCUT2D eigenvalue weighted by atomic mass is 10.1. The summed E-state index contributed by atoms with van der Waals surface area (Å²) in [5, 5.41) is 3.69. The first-order valence-electron chi connectivity index (χ1n) is 8.77. The van der Waals surface area contributed by atoms with Gasteiger partial charge in [-0.05, 0) is 55.5 Å². The van der Waals surface area contributed by atoms with Gasteiger partial charge >= 0.3 is 0 Å². The first kappa shape index (κ1) is 20.1. The van der Waals surface area contributed by atoms with Gasteiger partial charge in [-0.2, -0.15) is 0 Å². The molecule has 6 heteroatoms. The number of halogens is 2. The zero-order valence-electron chi connectivity index (χ0n) is 15.2. The summed E-state index contributed by atoms with van der Waals surface area (Å²) in [5.74, 6) is 1.12. The number of hydrogen-bond acceptors (Lipinski definition) is 3. The normalized spacial score (nSPS) is 10.4. The van der Waals surface area contributed by atoms with E-state index in [1.165, 1.54) is 0 Å². The maximum Gasteiger partial charge on any atom is 0.255 e. The molecule has 0 aliphatic heterocycles. The highest BCUT2D eigenvalue weighted by molar-refractivity contribution is 6.35. The standard InChI is InChI=1S/C22H19Cl2NO3/c1-2-27-21-11-8-15(12-16(21)14-28-18-6-4-3-5-7-18)22(26)25-20-13-17(23)9-10-19(20)24/h3-13H,2,14H2,1H3,(H,25,26). The van der Waals surface area contributed by atoms with E-state index in [-0.39, 0.29) is 12.5 Å². The minimum Gasteiger partial charge on any atom is -0.493 e. The van der Waals surface area contributed by atoms with Gasteiger partial charge in [-0.3, -0.25) is 4.79 Å². The van der Waals surface area contributed by atoms with E-state index in [2.05, 4.69) is 5.32 Å². The number of benzene rings is 3. The molecule has 0 fully saturated rings. The van der Waals surface area contributed by atoms with Crippen molar-refractivity contribution in [3.63, 3.8) is 0 Å². The number of carbonyl (C=O) groups is 1. The molecule has 0 heterocycles. The molecule has 0 aliphatic rings. The van der Waals surface area contributed by atoms with Crippen LogP contribution in [0, 0.1) is 0 Å². The lowest BCUT2D eigenvalue weighted by Crippen LogP contribution is -2.13. The van der Waals surface area contributed by atoms with Gasteiger partial charge in [0.25, 0.3) is 5.91 Å². The lowest BCUT2D eigenvalue weighted by Gasteiger charge is -2.14. The number of para-hydroxylation sites is 1. The highest BCUT2D eigenvalue weighted by Gasteiger charge is 2.13. The van der Waals surface area contributed by atoms with Crippen LogP contribution in [0.3, 0.4) is 0 Å². The number of hydrogen-bond donors (Lipinski definition) is 1. The fraction of sp³-hybridized carbons (Fsp3) is 0.136. The van der Waals surface area contributed by atoms with Crippen molar-refractivity contribution < 1.29 is 14.3 Å². The maximum absolute atomic E-state index is 12.7. The second-order valence-corrected chi connectivity index (χ2v) is 6.78. The highest BCUT2D eigenvalue weighted by Crippen LogP contribution is 2.27. The molecule has 0 saturated carbocycles. The zero-order chi connectivity index (χ0) is 19.9. The summed E-state index contributed by atoms with van der Waals surface area (Å²) in [5.41, 5.74) is 1.69. The molecule has 0 spiro atoms. The molecule has 0 aromatic heterocycles. The first-order valence-corrected chi connectivity index (χ1v) is 9.52. The third kappa shape index (κ3) is 5.18. The average molecular weight is 416 g/mol. The van der Waals surface area contributed by atoms with Gasteiger partial charge in [0.05, 0.1) is 17.3 Å². The van der Waals surface area contributed by atoms with E-state index >= 15 is 0 Å². The second-order valence-electron chi connectivity index (χ2n) is 5.94. The number of anilines is 1. The van der Waals surface area contributed by atoms with Gasteiger partial charge in [-0.1, -0.05) is 41.4 Å². The Bertz CT molecular complexity index is 961. The largest absolute Gasteiger partial charge is 0.493 e. The molecule has 4 nitrogen and oxygen atoms in total. The molecule has 3 aromatic rings.